The van der Waals surface area contributed by atoms with Crippen LogP contribution in [0.4, 0.5) is 0 Å². The first-order valence-electron chi connectivity index (χ1n) is 30.7. The molecular formula is C68H94O12S. The van der Waals surface area contributed by atoms with E-state index in [4.69, 9.17) is 28.4 Å². The molecule has 0 bridgehead atoms. The maximum Gasteiger partial charge on any atom is 0.338 e. The molecule has 6 fully saturated rings. The maximum atomic E-state index is 14.0. The quantitative estimate of drug-likeness (QED) is 0.0947. The van der Waals surface area contributed by atoms with E-state index < -0.39 is 30.4 Å². The van der Waals surface area contributed by atoms with Crippen LogP contribution in [0.2, 0.25) is 0 Å². The van der Waals surface area contributed by atoms with Gasteiger partial charge in [0.05, 0.1) is 41.6 Å². The van der Waals surface area contributed by atoms with Crippen LogP contribution in [0.3, 0.4) is 0 Å². The van der Waals surface area contributed by atoms with Crippen molar-refractivity contribution in [3.05, 3.63) is 108 Å². The van der Waals surface area contributed by atoms with Crippen LogP contribution in [0.5, 0.6) is 0 Å². The molecule has 81 heavy (non-hydrogen) atoms. The number of ketones is 2. The first-order chi connectivity index (χ1) is 38.6. The van der Waals surface area contributed by atoms with Gasteiger partial charge < -0.3 is 33.5 Å². The third-order valence-corrected chi connectivity index (χ3v) is 22.0. The van der Waals surface area contributed by atoms with E-state index in [0.717, 1.165) is 44.9 Å². The number of rotatable bonds is 18. The van der Waals surface area contributed by atoms with Crippen LogP contribution in [-0.4, -0.2) is 95.3 Å². The van der Waals surface area contributed by atoms with Gasteiger partial charge in [-0.3, -0.25) is 9.59 Å². The Morgan fingerprint density at radius 2 is 1.26 bits per heavy atom. The average Bonchev–Trinajstić information content (AvgIpc) is 2.72. The number of hydrogen-bond donors (Lipinski definition) is 1. The molecule has 444 valence electrons. The average molecular weight is 1140 g/mol. The van der Waals surface area contributed by atoms with Gasteiger partial charge in [0.15, 0.2) is 12.4 Å². The fourth-order valence-corrected chi connectivity index (χ4v) is 16.7. The van der Waals surface area contributed by atoms with Crippen LogP contribution in [0.15, 0.2) is 91.0 Å². The van der Waals surface area contributed by atoms with Crippen molar-refractivity contribution in [1.82, 2.24) is 0 Å². The predicted octanol–water partition coefficient (Wildman–Crippen LogP) is 13.7. The van der Waals surface area contributed by atoms with E-state index in [1.165, 1.54) is 0 Å². The summed E-state index contributed by atoms with van der Waals surface area (Å²) in [6.45, 7) is 24.4. The summed E-state index contributed by atoms with van der Waals surface area (Å²) in [6.07, 6.45) is 5.95. The molecule has 1 N–H and O–H groups in total. The molecule has 3 aromatic carbocycles. The number of benzene rings is 3. The molecule has 3 aromatic rings. The van der Waals surface area contributed by atoms with Gasteiger partial charge in [0.25, 0.3) is 0 Å². The Hall–Kier alpha value is -4.40. The van der Waals surface area contributed by atoms with Gasteiger partial charge in [0.2, 0.25) is 0 Å². The number of hydrogen-bond acceptors (Lipinski definition) is 13. The highest BCUT2D eigenvalue weighted by Gasteiger charge is 2.63. The zero-order valence-corrected chi connectivity index (χ0v) is 51.0. The molecule has 9 rings (SSSR count). The van der Waals surface area contributed by atoms with E-state index in [1.54, 1.807) is 60.7 Å². The molecule has 2 heterocycles. The van der Waals surface area contributed by atoms with Gasteiger partial charge in [0, 0.05) is 35.8 Å². The Labute approximate surface area is 487 Å². The summed E-state index contributed by atoms with van der Waals surface area (Å²) in [5.74, 6) is 1.49. The molecule has 20 atom stereocenters. The van der Waals surface area contributed by atoms with Crippen molar-refractivity contribution in [2.45, 2.75) is 194 Å². The number of Topliss-reactive ketones (excluding diaryl/α,β-unsaturated/α-hetero) is 2. The molecule has 0 radical (unpaired) electrons. The van der Waals surface area contributed by atoms with Crippen molar-refractivity contribution in [2.24, 2.45) is 75.9 Å². The number of fused-ring (bicyclic) bond motifs is 5. The molecule has 4 aliphatic carbocycles. The van der Waals surface area contributed by atoms with Gasteiger partial charge in [-0.1, -0.05) is 131 Å². The van der Waals surface area contributed by atoms with E-state index in [1.807, 2.05) is 69.8 Å². The molecule has 2 saturated heterocycles. The third-order valence-electron chi connectivity index (χ3n) is 20.7. The fraction of sp³-hybridized carbons (Fsp3) is 0.662. The lowest BCUT2D eigenvalue weighted by Crippen LogP contribution is -2.57. The summed E-state index contributed by atoms with van der Waals surface area (Å²) >= 11 is 1.86. The molecule has 0 spiro atoms. The molecule has 2 aliphatic heterocycles. The highest BCUT2D eigenvalue weighted by Crippen LogP contribution is 2.67. The first-order valence-corrected chi connectivity index (χ1v) is 31.6. The molecule has 12 nitrogen and oxygen atoms in total. The van der Waals surface area contributed by atoms with Crippen molar-refractivity contribution in [2.75, 3.05) is 13.2 Å². The Morgan fingerprint density at radius 1 is 0.679 bits per heavy atom. The lowest BCUT2D eigenvalue weighted by molar-refractivity contribution is -0.284. The number of carbonyl (C=O) groups is 5. The molecule has 0 aromatic heterocycles. The Kier molecular flexibility index (Phi) is 21.3. The van der Waals surface area contributed by atoms with Crippen molar-refractivity contribution < 1.29 is 57.5 Å². The van der Waals surface area contributed by atoms with Gasteiger partial charge in [-0.15, -0.1) is 11.8 Å². The summed E-state index contributed by atoms with van der Waals surface area (Å²) in [5, 5.41) is 11.0. The van der Waals surface area contributed by atoms with E-state index in [2.05, 4.69) is 48.5 Å². The molecule has 12 unspecified atom stereocenters. The highest BCUT2D eigenvalue weighted by atomic mass is 32.2. The largest absolute Gasteiger partial charge is 0.459 e. The third kappa shape index (κ3) is 14.2. The summed E-state index contributed by atoms with van der Waals surface area (Å²) in [7, 11) is 0. The number of aliphatic hydroxyl groups is 1. The smallest absolute Gasteiger partial charge is 0.338 e. The lowest BCUT2D eigenvalue weighted by atomic mass is 9.44. The van der Waals surface area contributed by atoms with Crippen molar-refractivity contribution >= 4 is 41.2 Å². The molecule has 6 aliphatic rings. The fourth-order valence-electron chi connectivity index (χ4n) is 15.4. The van der Waals surface area contributed by atoms with Gasteiger partial charge in [-0.05, 0) is 152 Å². The lowest BCUT2D eigenvalue weighted by Gasteiger charge is -2.61. The van der Waals surface area contributed by atoms with E-state index in [9.17, 15) is 29.1 Å². The summed E-state index contributed by atoms with van der Waals surface area (Å²) in [4.78, 5) is 66.9. The standard InChI is InChI=1S/C49H66O9.C19H28O3S/c1-7-41-31(4)43(57-45(53)32-14-10-8-11-15-32)44(58-46(54)33-16-12-9-13-17-33)47(56-41)55-28-29(2)18-21-39(51)30(3)42-40(52)27-38-36-20-19-34-26-35(50)22-24-48(34,5)37(36)23-25-49(38,42)6;1-12(2)23-19-15(5)13(3)14(4)17(22-19)11-21-18(20)16-9-7-6-8-10-16/h8-17,29-31,34-38,41-44,47,50H,7,18-28H2,1-6H3;6-10,12-15,17,19H,11H2,1-5H3/t29-,30+,31+,34?,35?,36?,37?,38?,41?,42?,43-,44?,47+,48?,49?;13-,14+,15?,17?,19-/m00/s1. The second-order valence-electron chi connectivity index (χ2n) is 26.1. The minimum Gasteiger partial charge on any atom is -0.459 e. The molecule has 0 amide bonds. The zero-order valence-electron chi connectivity index (χ0n) is 50.2. The molecule has 4 saturated carbocycles. The number of carbonyl (C=O) groups excluding carboxylic acids is 5. The van der Waals surface area contributed by atoms with Gasteiger partial charge in [-0.2, -0.15) is 0 Å². The van der Waals surface area contributed by atoms with Crippen LogP contribution in [0.1, 0.15) is 178 Å². The second-order valence-corrected chi connectivity index (χ2v) is 27.7. The Bertz CT molecular complexity index is 2560. The van der Waals surface area contributed by atoms with Crippen molar-refractivity contribution in [3.63, 3.8) is 0 Å². The zero-order chi connectivity index (χ0) is 58.3. The van der Waals surface area contributed by atoms with Crippen molar-refractivity contribution in [3.8, 4) is 0 Å². The topological polar surface area (TPSA) is 161 Å². The van der Waals surface area contributed by atoms with Crippen LogP contribution in [0.25, 0.3) is 0 Å². The first kappa shape index (κ1) is 62.6. The van der Waals surface area contributed by atoms with Gasteiger partial charge >= 0.3 is 17.9 Å². The van der Waals surface area contributed by atoms with E-state index in [0.29, 0.717) is 95.7 Å². The van der Waals surface area contributed by atoms with Crippen LogP contribution in [-0.2, 0) is 38.0 Å². The predicted molar refractivity (Wildman–Crippen MR) is 315 cm³/mol. The van der Waals surface area contributed by atoms with Crippen molar-refractivity contribution in [1.29, 1.82) is 0 Å². The number of thioether (sulfide) groups is 1. The van der Waals surface area contributed by atoms with Crippen LogP contribution in [0, 0.1) is 75.9 Å². The Morgan fingerprint density at radius 3 is 1.85 bits per heavy atom. The minimum absolute atomic E-state index is 0.0369. The van der Waals surface area contributed by atoms with Crippen LogP contribution < -0.4 is 0 Å². The maximum absolute atomic E-state index is 14.0. The minimum atomic E-state index is -1.04. The van der Waals surface area contributed by atoms with Gasteiger partial charge in [0.1, 0.15) is 29.7 Å². The Balaban J connectivity index is 0.000000313. The van der Waals surface area contributed by atoms with Crippen LogP contribution >= 0.6 is 11.8 Å². The monoisotopic (exact) mass is 1130 g/mol. The van der Waals surface area contributed by atoms with Gasteiger partial charge in [-0.25, -0.2) is 14.4 Å². The summed E-state index contributed by atoms with van der Waals surface area (Å²) in [5.41, 5.74) is 1.58. The van der Waals surface area contributed by atoms with E-state index in [-0.39, 0.29) is 82.4 Å². The van der Waals surface area contributed by atoms with E-state index >= 15 is 0 Å². The summed E-state index contributed by atoms with van der Waals surface area (Å²) in [6, 6.07) is 26.5. The highest BCUT2D eigenvalue weighted by molar-refractivity contribution is 8.00. The second kappa shape index (κ2) is 27.5. The SMILES string of the molecule is CC(C)S[C@@H]1OC(COC(=O)c2ccccc2)[C@H](C)[C@H](C)C1C.CCC1O[C@@H](OC[C@@H](C)CCC(=O)[C@@H](C)C2C(=O)CC3C4CCC5CC(O)CCC5(C)C4CCC32C)C(OC(=O)c2ccccc2)[C@@H](OC(=O)c2ccccc2)[C@@H]1C. The number of ether oxygens (including phenoxy) is 6. The molecular weight excluding hydrogens is 1040 g/mol. The molecule has 13 heteroatoms. The number of aliphatic hydroxyl groups excluding tert-OH is 1. The summed E-state index contributed by atoms with van der Waals surface area (Å²) < 4.78 is 36.8. The normalized spacial score (nSPS) is 36.1. The number of esters is 3.